The SMILES string of the molecule is CCC(C)(C)C(=O)N1CC(=O)Nc2ccccc21. The van der Waals surface area contributed by atoms with Gasteiger partial charge in [0.05, 0.1) is 11.4 Å². The molecule has 0 bridgehead atoms. The predicted molar refractivity (Wildman–Crippen MR) is 71.5 cm³/mol. The Labute approximate surface area is 107 Å². The lowest BCUT2D eigenvalue weighted by Gasteiger charge is -2.34. The highest BCUT2D eigenvalue weighted by molar-refractivity contribution is 6.11. The number of hydrogen-bond donors (Lipinski definition) is 1. The zero-order chi connectivity index (χ0) is 13.3. The number of nitrogens with zero attached hydrogens (tertiary/aromatic N) is 1. The molecule has 1 aromatic rings. The summed E-state index contributed by atoms with van der Waals surface area (Å²) in [5.41, 5.74) is 1.03. The van der Waals surface area contributed by atoms with Crippen LogP contribution in [0.3, 0.4) is 0 Å². The standard InChI is InChI=1S/C14H18N2O2/c1-4-14(2,3)13(18)16-9-12(17)15-10-7-5-6-8-11(10)16/h5-8H,4,9H2,1-3H3,(H,15,17). The van der Waals surface area contributed by atoms with Crippen LogP contribution >= 0.6 is 0 Å². The molecule has 1 heterocycles. The molecule has 1 aliphatic rings. The monoisotopic (exact) mass is 246 g/mol. The quantitative estimate of drug-likeness (QED) is 0.871. The lowest BCUT2D eigenvalue weighted by Crippen LogP contribution is -2.47. The first-order valence-electron chi connectivity index (χ1n) is 6.16. The fourth-order valence-corrected chi connectivity index (χ4v) is 1.93. The lowest BCUT2D eigenvalue weighted by molar-refractivity contribution is -0.128. The summed E-state index contributed by atoms with van der Waals surface area (Å²) in [6.07, 6.45) is 0.742. The van der Waals surface area contributed by atoms with E-state index in [2.05, 4.69) is 5.32 Å². The van der Waals surface area contributed by atoms with Crippen LogP contribution in [0.5, 0.6) is 0 Å². The van der Waals surface area contributed by atoms with Gasteiger partial charge in [-0.15, -0.1) is 0 Å². The highest BCUT2D eigenvalue weighted by Crippen LogP contribution is 2.33. The molecule has 0 saturated carbocycles. The molecule has 96 valence electrons. The van der Waals surface area contributed by atoms with Crippen molar-refractivity contribution in [2.75, 3.05) is 16.8 Å². The zero-order valence-electron chi connectivity index (χ0n) is 11.0. The van der Waals surface area contributed by atoms with Gasteiger partial charge in [-0.1, -0.05) is 32.9 Å². The van der Waals surface area contributed by atoms with Gasteiger partial charge in [0.15, 0.2) is 0 Å². The van der Waals surface area contributed by atoms with E-state index in [-0.39, 0.29) is 18.4 Å². The summed E-state index contributed by atoms with van der Waals surface area (Å²) in [5.74, 6) is -0.152. The highest BCUT2D eigenvalue weighted by Gasteiger charge is 2.35. The van der Waals surface area contributed by atoms with E-state index in [0.717, 1.165) is 12.1 Å². The molecule has 1 N–H and O–H groups in total. The third kappa shape index (κ3) is 2.10. The predicted octanol–water partition coefficient (Wildman–Crippen LogP) is 2.41. The third-order valence-corrected chi connectivity index (χ3v) is 3.48. The molecular formula is C14H18N2O2. The van der Waals surface area contributed by atoms with E-state index >= 15 is 0 Å². The minimum absolute atomic E-state index is 0.00713. The van der Waals surface area contributed by atoms with E-state index in [1.807, 2.05) is 45.0 Å². The average molecular weight is 246 g/mol. The summed E-state index contributed by atoms with van der Waals surface area (Å²) < 4.78 is 0. The van der Waals surface area contributed by atoms with Crippen molar-refractivity contribution < 1.29 is 9.59 Å². The number of nitrogens with one attached hydrogen (secondary N) is 1. The number of carbonyl (C=O) groups excluding carboxylic acids is 2. The molecule has 2 amide bonds. The summed E-state index contributed by atoms with van der Waals surface area (Å²) >= 11 is 0. The van der Waals surface area contributed by atoms with Crippen LogP contribution in [0, 0.1) is 5.41 Å². The largest absolute Gasteiger partial charge is 0.323 e. The number of anilines is 2. The highest BCUT2D eigenvalue weighted by atomic mass is 16.2. The van der Waals surface area contributed by atoms with E-state index in [9.17, 15) is 9.59 Å². The van der Waals surface area contributed by atoms with Crippen LogP contribution in [0.25, 0.3) is 0 Å². The van der Waals surface area contributed by atoms with Crippen LogP contribution in [0.2, 0.25) is 0 Å². The fraction of sp³-hybridized carbons (Fsp3) is 0.429. The third-order valence-electron chi connectivity index (χ3n) is 3.48. The second-order valence-corrected chi connectivity index (χ2v) is 5.19. The van der Waals surface area contributed by atoms with Crippen molar-refractivity contribution in [3.63, 3.8) is 0 Å². The fourth-order valence-electron chi connectivity index (χ4n) is 1.93. The maximum absolute atomic E-state index is 12.5. The van der Waals surface area contributed by atoms with E-state index in [1.54, 1.807) is 4.90 Å². The van der Waals surface area contributed by atoms with E-state index in [4.69, 9.17) is 0 Å². The molecule has 2 rings (SSSR count). The molecule has 0 radical (unpaired) electrons. The summed E-state index contributed by atoms with van der Waals surface area (Å²) in [7, 11) is 0. The molecular weight excluding hydrogens is 228 g/mol. The van der Waals surface area contributed by atoms with Crippen molar-refractivity contribution in [3.8, 4) is 0 Å². The first-order chi connectivity index (χ1) is 8.45. The first-order valence-corrected chi connectivity index (χ1v) is 6.16. The van der Waals surface area contributed by atoms with Crippen LogP contribution in [-0.2, 0) is 9.59 Å². The topological polar surface area (TPSA) is 49.4 Å². The van der Waals surface area contributed by atoms with Crippen LogP contribution < -0.4 is 10.2 Å². The Morgan fingerprint density at radius 3 is 2.72 bits per heavy atom. The summed E-state index contributed by atoms with van der Waals surface area (Å²) in [5, 5.41) is 2.78. The molecule has 0 spiro atoms. The number of rotatable bonds is 2. The van der Waals surface area contributed by atoms with Crippen molar-refractivity contribution in [3.05, 3.63) is 24.3 Å². The number of benzene rings is 1. The van der Waals surface area contributed by atoms with Gasteiger partial charge in [-0.25, -0.2) is 0 Å². The zero-order valence-corrected chi connectivity index (χ0v) is 11.0. The first kappa shape index (κ1) is 12.6. The van der Waals surface area contributed by atoms with Gasteiger partial charge >= 0.3 is 0 Å². The Balaban J connectivity index is 2.41. The Hall–Kier alpha value is -1.84. The molecule has 0 fully saturated rings. The number of amides is 2. The van der Waals surface area contributed by atoms with Crippen molar-refractivity contribution >= 4 is 23.2 Å². The van der Waals surface area contributed by atoms with Crippen molar-refractivity contribution in [1.82, 2.24) is 0 Å². The number of hydrogen-bond acceptors (Lipinski definition) is 2. The molecule has 18 heavy (non-hydrogen) atoms. The minimum Gasteiger partial charge on any atom is -0.323 e. The van der Waals surface area contributed by atoms with Crippen LogP contribution in [-0.4, -0.2) is 18.4 Å². The summed E-state index contributed by atoms with van der Waals surface area (Å²) in [6, 6.07) is 7.39. The lowest BCUT2D eigenvalue weighted by atomic mass is 9.88. The normalized spacial score (nSPS) is 15.1. The summed E-state index contributed by atoms with van der Waals surface area (Å²) in [6.45, 7) is 5.89. The number of carbonyl (C=O) groups is 2. The van der Waals surface area contributed by atoms with Crippen LogP contribution in [0.4, 0.5) is 11.4 Å². The number of para-hydroxylation sites is 2. The van der Waals surface area contributed by atoms with Gasteiger partial charge < -0.3 is 10.2 Å². The Bertz CT molecular complexity index is 494. The Morgan fingerprint density at radius 2 is 2.06 bits per heavy atom. The summed E-state index contributed by atoms with van der Waals surface area (Å²) in [4.78, 5) is 25.7. The van der Waals surface area contributed by atoms with Gasteiger partial charge in [-0.2, -0.15) is 0 Å². The van der Waals surface area contributed by atoms with Gasteiger partial charge in [0.1, 0.15) is 6.54 Å². The van der Waals surface area contributed by atoms with Crippen LogP contribution in [0.15, 0.2) is 24.3 Å². The molecule has 0 aromatic heterocycles. The maximum atomic E-state index is 12.5. The molecule has 1 aliphatic heterocycles. The van der Waals surface area contributed by atoms with Gasteiger partial charge in [0.25, 0.3) is 0 Å². The van der Waals surface area contributed by atoms with Crippen LogP contribution in [0.1, 0.15) is 27.2 Å². The molecule has 1 aromatic carbocycles. The molecule has 0 saturated heterocycles. The molecule has 0 unspecified atom stereocenters. The van der Waals surface area contributed by atoms with Crippen molar-refractivity contribution in [1.29, 1.82) is 0 Å². The Kier molecular flexibility index (Phi) is 3.11. The molecule has 4 heteroatoms. The second-order valence-electron chi connectivity index (χ2n) is 5.19. The molecule has 0 aliphatic carbocycles. The van der Waals surface area contributed by atoms with E-state index in [0.29, 0.717) is 5.69 Å². The average Bonchev–Trinajstić information content (AvgIpc) is 2.36. The van der Waals surface area contributed by atoms with Crippen molar-refractivity contribution in [2.45, 2.75) is 27.2 Å². The minimum atomic E-state index is -0.454. The molecule has 0 atom stereocenters. The van der Waals surface area contributed by atoms with Gasteiger partial charge in [0.2, 0.25) is 11.8 Å². The second kappa shape index (κ2) is 4.44. The smallest absolute Gasteiger partial charge is 0.244 e. The van der Waals surface area contributed by atoms with E-state index < -0.39 is 5.41 Å². The number of fused-ring (bicyclic) bond motifs is 1. The van der Waals surface area contributed by atoms with Crippen molar-refractivity contribution in [2.24, 2.45) is 5.41 Å². The van der Waals surface area contributed by atoms with E-state index in [1.165, 1.54) is 0 Å². The van der Waals surface area contributed by atoms with Gasteiger partial charge in [0, 0.05) is 5.41 Å². The molecule has 4 nitrogen and oxygen atoms in total. The Morgan fingerprint density at radius 1 is 1.39 bits per heavy atom. The maximum Gasteiger partial charge on any atom is 0.244 e. The van der Waals surface area contributed by atoms with Gasteiger partial charge in [-0.05, 0) is 18.6 Å². The van der Waals surface area contributed by atoms with Gasteiger partial charge in [-0.3, -0.25) is 9.59 Å².